The Balaban J connectivity index is 2.74. The number of nitro benzene ring substituents is 1. The molecule has 0 aliphatic carbocycles. The molecule has 0 saturated heterocycles. The highest BCUT2D eigenvalue weighted by Crippen LogP contribution is 2.23. The van der Waals surface area contributed by atoms with Gasteiger partial charge in [-0.05, 0) is 32.9 Å². The van der Waals surface area contributed by atoms with Crippen molar-refractivity contribution in [1.82, 2.24) is 4.90 Å². The second-order valence-electron chi connectivity index (χ2n) is 4.61. The third-order valence-electron chi connectivity index (χ3n) is 3.08. The molecular formula is C14H18FN3O3S2. The zero-order chi connectivity index (χ0) is 17.6. The first-order valence-electron chi connectivity index (χ1n) is 7.00. The second-order valence-corrected chi connectivity index (χ2v) is 6.59. The molecule has 1 N–H and O–H groups in total. The highest BCUT2D eigenvalue weighted by atomic mass is 32.2. The fourth-order valence-corrected chi connectivity index (χ4v) is 3.30. The van der Waals surface area contributed by atoms with Gasteiger partial charge in [-0.25, -0.2) is 0 Å². The molecule has 0 fully saturated rings. The molecule has 0 aliphatic heterocycles. The van der Waals surface area contributed by atoms with Crippen LogP contribution >= 0.6 is 24.0 Å². The zero-order valence-electron chi connectivity index (χ0n) is 13.0. The minimum atomic E-state index is -0.946. The molecule has 1 aromatic rings. The van der Waals surface area contributed by atoms with Gasteiger partial charge in [0.1, 0.15) is 4.32 Å². The predicted molar refractivity (Wildman–Crippen MR) is 94.3 cm³/mol. The van der Waals surface area contributed by atoms with Crippen LogP contribution in [0.25, 0.3) is 0 Å². The lowest BCUT2D eigenvalue weighted by molar-refractivity contribution is -0.387. The summed E-state index contributed by atoms with van der Waals surface area (Å²) in [5.74, 6) is -1.30. The van der Waals surface area contributed by atoms with Gasteiger partial charge in [0.05, 0.1) is 10.2 Å². The van der Waals surface area contributed by atoms with Gasteiger partial charge >= 0.3 is 5.69 Å². The number of anilines is 1. The highest BCUT2D eigenvalue weighted by molar-refractivity contribution is 8.23. The molecule has 1 amide bonds. The molecule has 0 aliphatic rings. The summed E-state index contributed by atoms with van der Waals surface area (Å²) in [4.78, 5) is 24.0. The maximum absolute atomic E-state index is 13.3. The Morgan fingerprint density at radius 2 is 2.09 bits per heavy atom. The largest absolute Gasteiger partial charge is 0.358 e. The standard InChI is InChI=1S/C14H18FN3O3S2/c1-4-17(5-2)14(22)23-9(3)13(19)16-10-6-7-11(15)12(8-10)18(20)21/h6-9H,4-5H2,1-3H3,(H,16,19)/t9-/m1/s1. The summed E-state index contributed by atoms with van der Waals surface area (Å²) >= 11 is 6.51. The molecule has 0 aromatic heterocycles. The number of nitrogens with zero attached hydrogens (tertiary/aromatic N) is 2. The van der Waals surface area contributed by atoms with E-state index in [1.165, 1.54) is 17.8 Å². The molecular weight excluding hydrogens is 341 g/mol. The van der Waals surface area contributed by atoms with Gasteiger partial charge in [-0.2, -0.15) is 4.39 Å². The lowest BCUT2D eigenvalue weighted by Gasteiger charge is -2.22. The molecule has 0 radical (unpaired) electrons. The minimum absolute atomic E-state index is 0.171. The van der Waals surface area contributed by atoms with Crippen molar-refractivity contribution in [1.29, 1.82) is 0 Å². The molecule has 1 rings (SSSR count). The predicted octanol–water partition coefficient (Wildman–Crippen LogP) is 3.42. The van der Waals surface area contributed by atoms with Crippen molar-refractivity contribution in [3.8, 4) is 0 Å². The first-order valence-corrected chi connectivity index (χ1v) is 8.29. The van der Waals surface area contributed by atoms with E-state index in [1.807, 2.05) is 18.7 Å². The van der Waals surface area contributed by atoms with Gasteiger partial charge < -0.3 is 10.2 Å². The number of hydrogen-bond acceptors (Lipinski definition) is 5. The molecule has 0 heterocycles. The average molecular weight is 359 g/mol. The smallest absolute Gasteiger partial charge is 0.306 e. The van der Waals surface area contributed by atoms with Crippen molar-refractivity contribution >= 4 is 45.6 Å². The Morgan fingerprint density at radius 3 is 2.61 bits per heavy atom. The number of thioether (sulfide) groups is 1. The van der Waals surface area contributed by atoms with E-state index in [2.05, 4.69) is 5.32 Å². The van der Waals surface area contributed by atoms with E-state index < -0.39 is 21.7 Å². The monoisotopic (exact) mass is 359 g/mol. The summed E-state index contributed by atoms with van der Waals surface area (Å²) in [6, 6.07) is 3.22. The van der Waals surface area contributed by atoms with E-state index in [9.17, 15) is 19.3 Å². The van der Waals surface area contributed by atoms with Crippen molar-refractivity contribution in [2.45, 2.75) is 26.0 Å². The number of nitrogens with one attached hydrogen (secondary N) is 1. The number of carbonyl (C=O) groups is 1. The fraction of sp³-hybridized carbons (Fsp3) is 0.429. The van der Waals surface area contributed by atoms with E-state index in [4.69, 9.17) is 12.2 Å². The van der Waals surface area contributed by atoms with Crippen LogP contribution in [0.1, 0.15) is 20.8 Å². The van der Waals surface area contributed by atoms with Crippen LogP contribution in [0.15, 0.2) is 18.2 Å². The zero-order valence-corrected chi connectivity index (χ0v) is 14.7. The number of benzene rings is 1. The maximum atomic E-state index is 13.3. The summed E-state index contributed by atoms with van der Waals surface area (Å²) in [6.45, 7) is 7.13. The molecule has 1 aromatic carbocycles. The van der Waals surface area contributed by atoms with Gasteiger partial charge in [-0.15, -0.1) is 0 Å². The normalized spacial score (nSPS) is 11.7. The van der Waals surface area contributed by atoms with Crippen LogP contribution in [-0.2, 0) is 4.79 Å². The van der Waals surface area contributed by atoms with Crippen LogP contribution in [0.4, 0.5) is 15.8 Å². The topological polar surface area (TPSA) is 75.5 Å². The Kier molecular flexibility index (Phi) is 7.37. The number of rotatable bonds is 6. The fourth-order valence-electron chi connectivity index (χ4n) is 1.74. The Morgan fingerprint density at radius 1 is 1.48 bits per heavy atom. The van der Waals surface area contributed by atoms with Crippen LogP contribution < -0.4 is 5.32 Å². The third kappa shape index (κ3) is 5.43. The average Bonchev–Trinajstić information content (AvgIpc) is 2.49. The number of thiocarbonyl (C=S) groups is 1. The van der Waals surface area contributed by atoms with E-state index in [1.54, 1.807) is 6.92 Å². The molecule has 9 heteroatoms. The third-order valence-corrected chi connectivity index (χ3v) is 4.65. The number of halogens is 1. The molecule has 0 unspecified atom stereocenters. The van der Waals surface area contributed by atoms with Crippen molar-refractivity contribution in [2.24, 2.45) is 0 Å². The van der Waals surface area contributed by atoms with E-state index >= 15 is 0 Å². The van der Waals surface area contributed by atoms with Crippen LogP contribution in [0.3, 0.4) is 0 Å². The first kappa shape index (κ1) is 19.3. The summed E-state index contributed by atoms with van der Waals surface area (Å²) in [7, 11) is 0. The molecule has 0 saturated carbocycles. The van der Waals surface area contributed by atoms with Crippen LogP contribution in [0.5, 0.6) is 0 Å². The lowest BCUT2D eigenvalue weighted by atomic mass is 10.2. The Bertz CT molecular complexity index is 609. The van der Waals surface area contributed by atoms with Gasteiger partial charge in [0.15, 0.2) is 0 Å². The molecule has 0 spiro atoms. The summed E-state index contributed by atoms with van der Waals surface area (Å²) in [5, 5.41) is 12.8. The van der Waals surface area contributed by atoms with Gasteiger partial charge in [-0.1, -0.05) is 24.0 Å². The van der Waals surface area contributed by atoms with Gasteiger partial charge in [0.2, 0.25) is 11.7 Å². The lowest BCUT2D eigenvalue weighted by Crippen LogP contribution is -2.31. The maximum Gasteiger partial charge on any atom is 0.306 e. The van der Waals surface area contributed by atoms with Crippen molar-refractivity contribution in [3.05, 3.63) is 34.1 Å². The number of nitro groups is 1. The number of carbonyl (C=O) groups excluding carboxylic acids is 1. The molecule has 1 atom stereocenters. The molecule has 0 bridgehead atoms. The van der Waals surface area contributed by atoms with Crippen molar-refractivity contribution in [2.75, 3.05) is 18.4 Å². The molecule has 126 valence electrons. The second kappa shape index (κ2) is 8.78. The van der Waals surface area contributed by atoms with Crippen molar-refractivity contribution < 1.29 is 14.1 Å². The van der Waals surface area contributed by atoms with Crippen LogP contribution in [0.2, 0.25) is 0 Å². The van der Waals surface area contributed by atoms with E-state index in [0.717, 1.165) is 25.2 Å². The first-order chi connectivity index (χ1) is 10.8. The van der Waals surface area contributed by atoms with E-state index in [-0.39, 0.29) is 11.6 Å². The van der Waals surface area contributed by atoms with Crippen LogP contribution in [0, 0.1) is 15.9 Å². The number of hydrogen-bond donors (Lipinski definition) is 1. The molecule has 6 nitrogen and oxygen atoms in total. The SMILES string of the molecule is CCN(CC)C(=S)S[C@H](C)C(=O)Nc1ccc(F)c([N+](=O)[O-])c1. The quantitative estimate of drug-likeness (QED) is 0.476. The number of amides is 1. The van der Waals surface area contributed by atoms with Gasteiger partial charge in [0, 0.05) is 24.8 Å². The highest BCUT2D eigenvalue weighted by Gasteiger charge is 2.20. The molecule has 23 heavy (non-hydrogen) atoms. The van der Waals surface area contributed by atoms with Gasteiger partial charge in [-0.3, -0.25) is 14.9 Å². The van der Waals surface area contributed by atoms with Gasteiger partial charge in [0.25, 0.3) is 0 Å². The Labute approximate surface area is 143 Å². The summed E-state index contributed by atoms with van der Waals surface area (Å²) in [6.07, 6.45) is 0. The minimum Gasteiger partial charge on any atom is -0.358 e. The summed E-state index contributed by atoms with van der Waals surface area (Å²) in [5.41, 5.74) is -0.508. The summed E-state index contributed by atoms with van der Waals surface area (Å²) < 4.78 is 13.9. The van der Waals surface area contributed by atoms with Crippen molar-refractivity contribution in [3.63, 3.8) is 0 Å². The van der Waals surface area contributed by atoms with E-state index in [0.29, 0.717) is 4.32 Å². The Hall–Kier alpha value is -1.74. The van der Waals surface area contributed by atoms with Crippen LogP contribution in [-0.4, -0.2) is 38.4 Å².